The normalized spacial score (nSPS) is 12.7. The maximum absolute atomic E-state index is 12.0. The van der Waals surface area contributed by atoms with Gasteiger partial charge >= 0.3 is 0 Å². The molecule has 2 heteroatoms. The molecule has 0 aliphatic carbocycles. The van der Waals surface area contributed by atoms with Gasteiger partial charge in [-0.15, -0.1) is 0 Å². The highest BCUT2D eigenvalue weighted by atomic mass is 16.1. The maximum Gasteiger partial charge on any atom is 0.244 e. The second-order valence-corrected chi connectivity index (χ2v) is 7.35. The Bertz CT molecular complexity index is 475. The van der Waals surface area contributed by atoms with Crippen LogP contribution in [-0.4, -0.2) is 11.4 Å². The van der Waals surface area contributed by atoms with E-state index < -0.39 is 0 Å². The molecule has 0 atom stereocenters. The maximum atomic E-state index is 12.0. The zero-order chi connectivity index (χ0) is 15.4. The summed E-state index contributed by atoms with van der Waals surface area (Å²) in [5.41, 5.74) is 2.25. The van der Waals surface area contributed by atoms with Crippen LogP contribution in [0.5, 0.6) is 0 Å². The van der Waals surface area contributed by atoms with Gasteiger partial charge in [-0.2, -0.15) is 0 Å². The summed E-state index contributed by atoms with van der Waals surface area (Å²) < 4.78 is 0. The Morgan fingerprint density at radius 3 is 2.15 bits per heavy atom. The number of benzene rings is 1. The molecule has 0 aromatic heterocycles. The van der Waals surface area contributed by atoms with Crippen LogP contribution in [0.25, 0.3) is 6.08 Å². The van der Waals surface area contributed by atoms with Gasteiger partial charge in [0.25, 0.3) is 0 Å². The van der Waals surface area contributed by atoms with Gasteiger partial charge in [-0.05, 0) is 44.2 Å². The molecule has 0 aliphatic heterocycles. The average Bonchev–Trinajstić information content (AvgIpc) is 2.24. The fourth-order valence-electron chi connectivity index (χ4n) is 2.59. The lowest BCUT2D eigenvalue weighted by molar-refractivity contribution is -0.118. The fourth-order valence-corrected chi connectivity index (χ4v) is 2.59. The number of nitrogens with one attached hydrogen (secondary N) is 1. The first-order chi connectivity index (χ1) is 9.07. The van der Waals surface area contributed by atoms with Crippen molar-refractivity contribution in [1.82, 2.24) is 5.32 Å². The summed E-state index contributed by atoms with van der Waals surface area (Å²) in [4.78, 5) is 12.0. The molecule has 1 rings (SSSR count). The van der Waals surface area contributed by atoms with Gasteiger partial charge in [-0.25, -0.2) is 0 Å². The fraction of sp³-hybridized carbons (Fsp3) is 0.500. The molecule has 1 aromatic carbocycles. The standard InChI is InChI=1S/C18H27NO/c1-14-7-9-15(10-8-14)11-12-16(20)19-18(5,6)13-17(2,3)4/h7-12H,13H2,1-6H3,(H,19,20)/b12-11+. The van der Waals surface area contributed by atoms with Crippen LogP contribution < -0.4 is 5.32 Å². The number of aryl methyl sites for hydroxylation is 1. The average molecular weight is 273 g/mol. The van der Waals surface area contributed by atoms with Gasteiger partial charge in [-0.3, -0.25) is 4.79 Å². The Labute approximate surface area is 123 Å². The van der Waals surface area contributed by atoms with Gasteiger partial charge in [0.2, 0.25) is 5.91 Å². The zero-order valence-electron chi connectivity index (χ0n) is 13.6. The van der Waals surface area contributed by atoms with Crippen LogP contribution in [0.4, 0.5) is 0 Å². The third kappa shape index (κ3) is 6.55. The molecule has 0 saturated heterocycles. The molecule has 2 nitrogen and oxygen atoms in total. The van der Waals surface area contributed by atoms with Crippen LogP contribution in [0.3, 0.4) is 0 Å². The Balaban J connectivity index is 2.61. The molecule has 0 aliphatic rings. The number of carbonyl (C=O) groups excluding carboxylic acids is 1. The lowest BCUT2D eigenvalue weighted by Crippen LogP contribution is -2.45. The Morgan fingerprint density at radius 2 is 1.65 bits per heavy atom. The van der Waals surface area contributed by atoms with Gasteiger partial charge in [0, 0.05) is 11.6 Å². The minimum absolute atomic E-state index is 0.0418. The van der Waals surface area contributed by atoms with E-state index in [1.165, 1.54) is 5.56 Å². The lowest BCUT2D eigenvalue weighted by atomic mass is 9.82. The van der Waals surface area contributed by atoms with Crippen molar-refractivity contribution in [2.45, 2.75) is 53.5 Å². The van der Waals surface area contributed by atoms with E-state index in [4.69, 9.17) is 0 Å². The number of carbonyl (C=O) groups is 1. The van der Waals surface area contributed by atoms with Gasteiger partial charge < -0.3 is 5.32 Å². The van der Waals surface area contributed by atoms with Crippen LogP contribution >= 0.6 is 0 Å². The molecule has 1 N–H and O–H groups in total. The summed E-state index contributed by atoms with van der Waals surface area (Å²) >= 11 is 0. The monoisotopic (exact) mass is 273 g/mol. The van der Waals surface area contributed by atoms with Crippen molar-refractivity contribution < 1.29 is 4.79 Å². The zero-order valence-corrected chi connectivity index (χ0v) is 13.6. The van der Waals surface area contributed by atoms with Gasteiger partial charge in [0.1, 0.15) is 0 Å². The van der Waals surface area contributed by atoms with E-state index >= 15 is 0 Å². The number of hydrogen-bond acceptors (Lipinski definition) is 1. The molecule has 0 radical (unpaired) electrons. The van der Waals surface area contributed by atoms with Crippen LogP contribution in [0.1, 0.15) is 52.2 Å². The van der Waals surface area contributed by atoms with Gasteiger partial charge in [0.05, 0.1) is 0 Å². The Morgan fingerprint density at radius 1 is 1.10 bits per heavy atom. The quantitative estimate of drug-likeness (QED) is 0.812. The highest BCUT2D eigenvalue weighted by Crippen LogP contribution is 2.26. The van der Waals surface area contributed by atoms with Gasteiger partial charge in [-0.1, -0.05) is 50.6 Å². The minimum Gasteiger partial charge on any atom is -0.348 e. The van der Waals surface area contributed by atoms with Crippen LogP contribution in [0, 0.1) is 12.3 Å². The number of hydrogen-bond donors (Lipinski definition) is 1. The van der Waals surface area contributed by atoms with Crippen molar-refractivity contribution in [3.63, 3.8) is 0 Å². The SMILES string of the molecule is Cc1ccc(/C=C/C(=O)NC(C)(C)CC(C)(C)C)cc1. The number of rotatable bonds is 4. The van der Waals surface area contributed by atoms with Crippen LogP contribution in [-0.2, 0) is 4.79 Å². The number of amides is 1. The molecule has 20 heavy (non-hydrogen) atoms. The third-order valence-electron chi connectivity index (χ3n) is 2.94. The van der Waals surface area contributed by atoms with Crippen molar-refractivity contribution in [3.05, 3.63) is 41.5 Å². The Kier molecular flexibility index (Phi) is 5.15. The second-order valence-electron chi connectivity index (χ2n) is 7.35. The molecule has 0 heterocycles. The highest BCUT2D eigenvalue weighted by Gasteiger charge is 2.26. The van der Waals surface area contributed by atoms with Crippen LogP contribution in [0.2, 0.25) is 0 Å². The predicted octanol–water partition coefficient (Wildman–Crippen LogP) is 4.34. The van der Waals surface area contributed by atoms with Crippen LogP contribution in [0.15, 0.2) is 30.3 Å². The molecule has 1 aromatic rings. The first kappa shape index (κ1) is 16.5. The summed E-state index contributed by atoms with van der Waals surface area (Å²) in [5, 5.41) is 3.07. The molecule has 0 spiro atoms. The first-order valence-corrected chi connectivity index (χ1v) is 7.14. The van der Waals surface area contributed by atoms with E-state index in [-0.39, 0.29) is 16.9 Å². The first-order valence-electron chi connectivity index (χ1n) is 7.14. The summed E-state index contributed by atoms with van der Waals surface area (Å²) in [6.45, 7) is 12.7. The van der Waals surface area contributed by atoms with Crippen molar-refractivity contribution in [2.24, 2.45) is 5.41 Å². The smallest absolute Gasteiger partial charge is 0.244 e. The minimum atomic E-state index is -0.201. The molecule has 0 bridgehead atoms. The highest BCUT2D eigenvalue weighted by molar-refractivity contribution is 5.92. The van der Waals surface area contributed by atoms with Crippen molar-refractivity contribution in [3.8, 4) is 0 Å². The van der Waals surface area contributed by atoms with E-state index in [0.717, 1.165) is 12.0 Å². The van der Waals surface area contributed by atoms with Crippen molar-refractivity contribution in [2.75, 3.05) is 0 Å². The summed E-state index contributed by atoms with van der Waals surface area (Å²) in [6.07, 6.45) is 4.39. The molecule has 110 valence electrons. The Hall–Kier alpha value is -1.57. The molecule has 0 unspecified atom stereocenters. The van der Waals surface area contributed by atoms with E-state index in [0.29, 0.717) is 0 Å². The lowest BCUT2D eigenvalue weighted by Gasteiger charge is -2.32. The molecule has 0 fully saturated rings. The summed E-state index contributed by atoms with van der Waals surface area (Å²) in [6, 6.07) is 8.11. The second kappa shape index (κ2) is 6.25. The van der Waals surface area contributed by atoms with Gasteiger partial charge in [0.15, 0.2) is 0 Å². The van der Waals surface area contributed by atoms with E-state index in [9.17, 15) is 4.79 Å². The van der Waals surface area contributed by atoms with E-state index in [1.54, 1.807) is 6.08 Å². The van der Waals surface area contributed by atoms with E-state index in [1.807, 2.05) is 30.3 Å². The molecular formula is C18H27NO. The summed E-state index contributed by atoms with van der Waals surface area (Å²) in [5.74, 6) is -0.0418. The molecular weight excluding hydrogens is 246 g/mol. The predicted molar refractivity (Wildman–Crippen MR) is 86.5 cm³/mol. The molecule has 0 saturated carbocycles. The molecule has 1 amide bonds. The van der Waals surface area contributed by atoms with Crippen molar-refractivity contribution >= 4 is 12.0 Å². The van der Waals surface area contributed by atoms with Crippen molar-refractivity contribution in [1.29, 1.82) is 0 Å². The largest absolute Gasteiger partial charge is 0.348 e. The van der Waals surface area contributed by atoms with E-state index in [2.05, 4.69) is 46.9 Å². The third-order valence-corrected chi connectivity index (χ3v) is 2.94. The summed E-state index contributed by atoms with van der Waals surface area (Å²) in [7, 11) is 0. The topological polar surface area (TPSA) is 29.1 Å².